The highest BCUT2D eigenvalue weighted by Gasteiger charge is 2.56. The summed E-state index contributed by atoms with van der Waals surface area (Å²) < 4.78 is 127. The van der Waals surface area contributed by atoms with E-state index in [0.29, 0.717) is 50.7 Å². The van der Waals surface area contributed by atoms with Gasteiger partial charge in [0, 0.05) is 0 Å². The Morgan fingerprint density at radius 1 is 0.357 bits per heavy atom. The van der Waals surface area contributed by atoms with Crippen LogP contribution in [0.2, 0.25) is 20.1 Å². The average Bonchev–Trinajstić information content (AvgIpc) is 1.01. The number of rotatable bonds is 18. The van der Waals surface area contributed by atoms with Crippen LogP contribution in [0.25, 0.3) is 0 Å². The van der Waals surface area contributed by atoms with Gasteiger partial charge in [0.05, 0.1) is 113 Å². The Morgan fingerprint density at radius 3 is 0.891 bits per heavy atom. The number of benzene rings is 5. The molecule has 4 heterocycles. The van der Waals surface area contributed by atoms with Crippen LogP contribution in [0.5, 0.6) is 23.0 Å². The fraction of sp³-hybridized carbons (Fsp3) is 0.462. The van der Waals surface area contributed by atoms with Crippen molar-refractivity contribution in [2.75, 3.05) is 21.3 Å². The number of aryl methyl sites for hydroxylation is 4. The highest BCUT2D eigenvalue weighted by Crippen LogP contribution is 2.62. The number of furan rings is 4. The molecule has 8 amide bonds. The molecular weight excluding hydrogens is 1820 g/mol. The Kier molecular flexibility index (Phi) is 26.8. The number of anilines is 4. The summed E-state index contributed by atoms with van der Waals surface area (Å²) in [4.78, 5) is 49.2. The Hall–Kier alpha value is -9.54. The van der Waals surface area contributed by atoms with Gasteiger partial charge in [-0.2, -0.15) is 0 Å². The number of hydrogen-bond acceptors (Lipinski definition) is 20. The molecule has 5 aromatic carbocycles. The van der Waals surface area contributed by atoms with Crippen LogP contribution >= 0.6 is 46.4 Å². The molecule has 690 valence electrons. The molecule has 28 nitrogen and oxygen atoms in total. The van der Waals surface area contributed by atoms with E-state index in [9.17, 15) is 73.3 Å². The number of fused-ring (bicyclic) bond motifs is 4. The fourth-order valence-electron chi connectivity index (χ4n) is 20.6. The number of halogens is 4. The van der Waals surface area contributed by atoms with Crippen LogP contribution in [-0.4, -0.2) is 98.7 Å². The number of urea groups is 4. The molecule has 0 bridgehead atoms. The SMILES string of the molecule is CC(C)(Cc1ccccc1)S(=O)(=O)c1c(Cl)ccc(NC(=O)N[C@@H]2CCCc3ccoc32)c1O.O=C(Nc1ccc(Cl)c(S(=O)(=O)C2CC3(CCC3)C2)c1O)N[C@@H]1CCCc2ccoc21.O=C(Nc1ccc(Cl)c(S(=O)(=O)C2CC3(CCC3)C2)c1O)N[C@H]1CCCc2ccoc21.O=C(Nc1ccc(Cl)c(S(=O)(=O)C2CC3(CCCCC3)C2)c1O)N[C@H]1CCCc2ccoc21. The predicted molar refractivity (Wildman–Crippen MR) is 489 cm³/mol. The fourth-order valence-corrected chi connectivity index (χ4v) is 30.7. The number of phenolic OH excluding ortho intramolecular Hbond substituents is 4. The van der Waals surface area contributed by atoms with Crippen molar-refractivity contribution >= 4 is 133 Å². The van der Waals surface area contributed by atoms with Gasteiger partial charge in [0.25, 0.3) is 0 Å². The predicted octanol–water partition coefficient (Wildman–Crippen LogP) is 21.2. The first-order chi connectivity index (χ1) is 61.5. The van der Waals surface area contributed by atoms with E-state index in [1.165, 1.54) is 55.0 Å². The van der Waals surface area contributed by atoms with Gasteiger partial charge in [-0.05, 0) is 291 Å². The number of nitrogens with one attached hydrogen (secondary N) is 8. The third-order valence-electron chi connectivity index (χ3n) is 28.0. The van der Waals surface area contributed by atoms with Crippen molar-refractivity contribution in [1.82, 2.24) is 21.3 Å². The smallest absolute Gasteiger partial charge is 0.319 e. The lowest BCUT2D eigenvalue weighted by Gasteiger charge is -2.53. The van der Waals surface area contributed by atoms with Gasteiger partial charge < -0.3 is 80.6 Å². The van der Waals surface area contributed by atoms with E-state index in [-0.39, 0.29) is 104 Å². The van der Waals surface area contributed by atoms with Gasteiger partial charge in [-0.15, -0.1) is 0 Å². The maximum Gasteiger partial charge on any atom is 0.319 e. The molecule has 10 aliphatic carbocycles. The van der Waals surface area contributed by atoms with Gasteiger partial charge in [-0.3, -0.25) is 0 Å². The van der Waals surface area contributed by atoms with E-state index < -0.39 is 112 Å². The van der Waals surface area contributed by atoms with E-state index in [4.69, 9.17) is 64.1 Å². The maximum absolute atomic E-state index is 13.6. The zero-order valence-electron chi connectivity index (χ0n) is 71.3. The molecule has 4 aromatic heterocycles. The molecule has 12 N–H and O–H groups in total. The quantitative estimate of drug-likeness (QED) is 0.0355. The van der Waals surface area contributed by atoms with Crippen molar-refractivity contribution in [2.45, 2.75) is 271 Å². The van der Waals surface area contributed by atoms with Gasteiger partial charge in [0.15, 0.2) is 62.3 Å². The van der Waals surface area contributed by atoms with Crippen molar-refractivity contribution < 1.29 is 90.9 Å². The van der Waals surface area contributed by atoms with Crippen LogP contribution < -0.4 is 42.5 Å². The zero-order chi connectivity index (χ0) is 91.3. The normalized spacial score (nSPS) is 21.5. The number of carbonyl (C=O) groups is 4. The Bertz CT molecular complexity index is 6040. The number of aromatic hydroxyl groups is 4. The van der Waals surface area contributed by atoms with Crippen molar-refractivity contribution in [2.24, 2.45) is 16.2 Å². The van der Waals surface area contributed by atoms with Crippen LogP contribution in [0.4, 0.5) is 41.9 Å². The number of hydrogen-bond donors (Lipinski definition) is 12. The summed E-state index contributed by atoms with van der Waals surface area (Å²) in [5, 5.41) is 63.0. The van der Waals surface area contributed by atoms with E-state index in [1.54, 1.807) is 38.9 Å². The van der Waals surface area contributed by atoms with Crippen molar-refractivity contribution in [1.29, 1.82) is 0 Å². The van der Waals surface area contributed by atoms with Gasteiger partial charge in [-0.1, -0.05) is 109 Å². The molecule has 6 fully saturated rings. The second kappa shape index (κ2) is 37.3. The minimum atomic E-state index is -4.08. The second-order valence-corrected chi connectivity index (χ2v) is 47.6. The van der Waals surface area contributed by atoms with Crippen LogP contribution in [-0.2, 0) is 71.5 Å². The molecule has 36 heteroatoms. The number of carbonyl (C=O) groups excluding carboxylic acids is 4. The highest BCUT2D eigenvalue weighted by atomic mass is 35.5. The van der Waals surface area contributed by atoms with Crippen molar-refractivity contribution in [3.05, 3.63) is 199 Å². The number of sulfone groups is 4. The maximum atomic E-state index is 13.6. The third-order valence-corrected chi connectivity index (χ3v) is 38.9. The number of phenols is 4. The van der Waals surface area contributed by atoms with Crippen LogP contribution in [0.15, 0.2) is 165 Å². The third kappa shape index (κ3) is 19.0. The molecule has 0 aliphatic heterocycles. The highest BCUT2D eigenvalue weighted by molar-refractivity contribution is 7.93. The summed E-state index contributed by atoms with van der Waals surface area (Å²) in [6.45, 7) is 3.17. The molecule has 3 spiro atoms. The molecule has 19 rings (SSSR count). The first-order valence-corrected chi connectivity index (χ1v) is 51.7. The van der Waals surface area contributed by atoms with E-state index >= 15 is 0 Å². The van der Waals surface area contributed by atoms with Crippen LogP contribution in [0, 0.1) is 16.2 Å². The standard InChI is InChI=1S/C25H27ClN2O5S.C24H29ClN2O5S.2C22H25ClN2O5S/c1-25(2,15-16-7-4-3-5-8-16)34(31,32)23-18(26)11-12-19(21(23)29)27-24(30)28-20-10-6-9-17-13-14-33-22(17)20;25-17-7-8-18(26-23(29)27-19-6-4-5-15-9-12-32-21(15)19)20(28)22(17)33(30,31)16-13-24(14-16)10-2-1-3-11-24;2*23-15-5-6-16(24-21(27)25-17-4-1-3-13-7-10-30-19(13)17)18(26)20(15)31(28,29)14-11-22(12-14)8-2-9-22/h3-5,7-8,11-14,20,29H,6,9-10,15H2,1-2H3,(H2,27,28,30);7-9,12,16,19,28H,1-6,10-11,13-14H2,(H2,26,27,29);2*5-7,10,14,17,26H,1-4,8-9,11-12H2,(H2,24,25,27)/t20-;19-;2*17-/m1010/s1. The lowest BCUT2D eigenvalue weighted by molar-refractivity contribution is 0.0350. The molecule has 129 heavy (non-hydrogen) atoms. The molecule has 9 aromatic rings. The van der Waals surface area contributed by atoms with Gasteiger partial charge >= 0.3 is 24.1 Å². The first kappa shape index (κ1) is 92.7. The van der Waals surface area contributed by atoms with E-state index in [2.05, 4.69) is 42.5 Å². The molecule has 10 aliphatic rings. The minimum absolute atomic E-state index is 0.00799. The molecule has 0 radical (unpaired) electrons. The summed E-state index contributed by atoms with van der Waals surface area (Å²) in [7, 11) is -15.5. The lowest BCUT2D eigenvalue weighted by atomic mass is 9.56. The van der Waals surface area contributed by atoms with Crippen LogP contribution in [0.1, 0.15) is 249 Å². The average molecular weight is 1930 g/mol. The van der Waals surface area contributed by atoms with Crippen molar-refractivity contribution in [3.63, 3.8) is 0 Å². The summed E-state index contributed by atoms with van der Waals surface area (Å²) >= 11 is 24.9. The Labute approximate surface area is 769 Å². The molecule has 4 atom stereocenters. The van der Waals surface area contributed by atoms with E-state index in [0.717, 1.165) is 180 Å². The minimum Gasteiger partial charge on any atom is -0.504 e. The first-order valence-electron chi connectivity index (χ1n) is 44.1. The second-order valence-electron chi connectivity index (χ2n) is 36.9. The number of amides is 8. The summed E-state index contributed by atoms with van der Waals surface area (Å²) in [5.41, 5.74) is 5.55. The Morgan fingerprint density at radius 2 is 0.620 bits per heavy atom. The lowest BCUT2D eigenvalue weighted by Crippen LogP contribution is -2.49. The topological polar surface area (TPSA) is 435 Å². The van der Waals surface area contributed by atoms with Gasteiger partial charge in [0.2, 0.25) is 0 Å². The monoisotopic (exact) mass is 1920 g/mol. The summed E-state index contributed by atoms with van der Waals surface area (Å²) in [5.74, 6) is 0.795. The largest absolute Gasteiger partial charge is 0.504 e. The molecule has 0 unspecified atom stereocenters. The molecular formula is C93H106Cl4N8O20S4. The van der Waals surface area contributed by atoms with Crippen LogP contribution in [0.3, 0.4) is 0 Å². The Balaban J connectivity index is 0.000000126. The van der Waals surface area contributed by atoms with Crippen molar-refractivity contribution in [3.8, 4) is 23.0 Å². The van der Waals surface area contributed by atoms with E-state index in [1.807, 2.05) is 54.6 Å². The summed E-state index contributed by atoms with van der Waals surface area (Å²) in [6, 6.07) is 24.6. The zero-order valence-corrected chi connectivity index (χ0v) is 77.6. The van der Waals surface area contributed by atoms with Gasteiger partial charge in [0.1, 0.15) is 42.6 Å². The molecule has 0 saturated heterocycles. The molecule has 6 saturated carbocycles. The van der Waals surface area contributed by atoms with Gasteiger partial charge in [-0.25, -0.2) is 52.8 Å². The summed E-state index contributed by atoms with van der Waals surface area (Å²) in [6.07, 6.45) is 32.7.